The van der Waals surface area contributed by atoms with Crippen LogP contribution in [0.1, 0.15) is 74.1 Å². The summed E-state index contributed by atoms with van der Waals surface area (Å²) in [5, 5.41) is 18.3. The Morgan fingerprint density at radius 1 is 1.23 bits per heavy atom. The zero-order valence-electron chi connectivity index (χ0n) is 18.1. The highest BCUT2D eigenvalue weighted by molar-refractivity contribution is 6.00. The molecule has 8 nitrogen and oxygen atoms in total. The summed E-state index contributed by atoms with van der Waals surface area (Å²) in [7, 11) is 0. The molecule has 2 bridgehead atoms. The highest BCUT2D eigenvalue weighted by atomic mass is 16.3. The second-order valence-electron chi connectivity index (χ2n) is 9.40. The molecule has 0 amide bonds. The molecule has 0 aliphatic carbocycles. The van der Waals surface area contributed by atoms with Gasteiger partial charge in [-0.3, -0.25) is 9.78 Å². The van der Waals surface area contributed by atoms with Gasteiger partial charge in [0.2, 0.25) is 0 Å². The number of nitrogen functional groups attached to an aromatic ring is 1. The van der Waals surface area contributed by atoms with Crippen molar-refractivity contribution < 1.29 is 9.90 Å². The van der Waals surface area contributed by atoms with Crippen molar-refractivity contribution in [3.05, 3.63) is 41.5 Å². The number of Topliss-reactive ketones (excluding diaryl/α,β-unsaturated/α-hetero) is 1. The molecule has 3 aromatic heterocycles. The molecule has 3 atom stereocenters. The van der Waals surface area contributed by atoms with E-state index in [1.807, 2.05) is 6.07 Å². The molecule has 8 heteroatoms. The molecule has 5 rings (SSSR count). The highest BCUT2D eigenvalue weighted by Gasteiger charge is 2.37. The number of nitrogens with two attached hydrogens (primary N) is 1. The van der Waals surface area contributed by atoms with Gasteiger partial charge >= 0.3 is 0 Å². The third kappa shape index (κ3) is 3.40. The van der Waals surface area contributed by atoms with E-state index >= 15 is 0 Å². The number of nitrogens with zero attached hydrogens (tertiary/aromatic N) is 4. The molecule has 5 heterocycles. The van der Waals surface area contributed by atoms with Crippen LogP contribution in [0.2, 0.25) is 0 Å². The van der Waals surface area contributed by atoms with Gasteiger partial charge in [-0.25, -0.2) is 4.98 Å². The van der Waals surface area contributed by atoms with Crippen molar-refractivity contribution in [3.8, 4) is 11.1 Å². The Labute approximate surface area is 180 Å². The quantitative estimate of drug-likeness (QED) is 0.555. The van der Waals surface area contributed by atoms with Crippen LogP contribution in [0.25, 0.3) is 16.8 Å². The Morgan fingerprint density at radius 2 is 1.94 bits per heavy atom. The first-order chi connectivity index (χ1) is 14.7. The summed E-state index contributed by atoms with van der Waals surface area (Å²) < 4.78 is 1.55. The Morgan fingerprint density at radius 3 is 2.52 bits per heavy atom. The molecule has 0 spiro atoms. The molecule has 3 aromatic rings. The van der Waals surface area contributed by atoms with Gasteiger partial charge in [-0.1, -0.05) is 6.07 Å². The van der Waals surface area contributed by atoms with Gasteiger partial charge in [-0.2, -0.15) is 9.61 Å². The van der Waals surface area contributed by atoms with Gasteiger partial charge in [0.15, 0.2) is 11.4 Å². The number of hydrogen-bond acceptors (Lipinski definition) is 7. The molecule has 0 radical (unpaired) electrons. The molecule has 2 aliphatic rings. The largest absolute Gasteiger partial charge is 0.384 e. The smallest absolute Gasteiger partial charge is 0.165 e. The monoisotopic (exact) mass is 420 g/mol. The minimum absolute atomic E-state index is 0.0824. The maximum atomic E-state index is 12.5. The standard InChI is InChI=1S/C23H28N6O2/c1-12(30)19-20(14-8-15-5-6-16(9-14)27-15)28-22-17(11-26-29(22)21(19)24)13-4-7-18(25-10-13)23(2,3)31/h4,7,10-11,14-16,27,31H,5-6,8-9,24H2,1-3H3/t14-,15-,16+. The van der Waals surface area contributed by atoms with Crippen molar-refractivity contribution in [1.82, 2.24) is 24.9 Å². The number of aromatic nitrogens is 4. The Bertz CT molecular complexity index is 1150. The van der Waals surface area contributed by atoms with Crippen LogP contribution in [0.3, 0.4) is 0 Å². The number of pyridine rings is 1. The van der Waals surface area contributed by atoms with Crippen molar-refractivity contribution in [1.29, 1.82) is 0 Å². The maximum Gasteiger partial charge on any atom is 0.165 e. The SMILES string of the molecule is CC(=O)c1c([C@@H]2C[C@H]3CC[C@@H](C2)N3)nc2c(-c3ccc(C(C)(C)O)nc3)cnn2c1N. The van der Waals surface area contributed by atoms with E-state index in [9.17, 15) is 9.90 Å². The number of anilines is 1. The Kier molecular flexibility index (Phi) is 4.60. The predicted molar refractivity (Wildman–Crippen MR) is 118 cm³/mol. The summed E-state index contributed by atoms with van der Waals surface area (Å²) in [4.78, 5) is 21.9. The van der Waals surface area contributed by atoms with E-state index < -0.39 is 5.60 Å². The molecule has 2 aliphatic heterocycles. The molecule has 2 fully saturated rings. The lowest BCUT2D eigenvalue weighted by Crippen LogP contribution is -2.38. The fraction of sp³-hybridized carbons (Fsp3) is 0.478. The number of ketones is 1. The van der Waals surface area contributed by atoms with Crippen molar-refractivity contribution in [2.45, 2.75) is 70.1 Å². The summed E-state index contributed by atoms with van der Waals surface area (Å²) in [5.41, 5.74) is 9.58. The summed E-state index contributed by atoms with van der Waals surface area (Å²) >= 11 is 0. The van der Waals surface area contributed by atoms with E-state index in [2.05, 4.69) is 15.4 Å². The van der Waals surface area contributed by atoms with Crippen LogP contribution in [-0.2, 0) is 5.60 Å². The van der Waals surface area contributed by atoms with Gasteiger partial charge in [-0.15, -0.1) is 0 Å². The summed E-state index contributed by atoms with van der Waals surface area (Å²) in [6.07, 6.45) is 7.69. The second kappa shape index (κ2) is 7.10. The third-order valence-corrected chi connectivity index (χ3v) is 6.62. The lowest BCUT2D eigenvalue weighted by Gasteiger charge is -2.30. The van der Waals surface area contributed by atoms with Gasteiger partial charge in [0.1, 0.15) is 11.4 Å². The number of piperidine rings is 1. The van der Waals surface area contributed by atoms with Gasteiger partial charge in [-0.05, 0) is 52.5 Å². The van der Waals surface area contributed by atoms with Gasteiger partial charge in [0.25, 0.3) is 0 Å². The molecular weight excluding hydrogens is 392 g/mol. The van der Waals surface area contributed by atoms with Crippen LogP contribution in [-0.4, -0.2) is 42.6 Å². The normalized spacial score (nSPS) is 23.4. The van der Waals surface area contributed by atoms with Gasteiger partial charge < -0.3 is 16.2 Å². The topological polar surface area (TPSA) is 118 Å². The average molecular weight is 421 g/mol. The van der Waals surface area contributed by atoms with E-state index in [1.165, 1.54) is 12.8 Å². The van der Waals surface area contributed by atoms with Crippen molar-refractivity contribution >= 4 is 17.2 Å². The fourth-order valence-electron chi connectivity index (χ4n) is 5.09. The van der Waals surface area contributed by atoms with Crippen molar-refractivity contribution in [3.63, 3.8) is 0 Å². The Hall–Kier alpha value is -2.84. The molecule has 0 unspecified atom stereocenters. The van der Waals surface area contributed by atoms with Gasteiger partial charge in [0.05, 0.1) is 23.1 Å². The number of fused-ring (bicyclic) bond motifs is 3. The summed E-state index contributed by atoms with van der Waals surface area (Å²) in [5.74, 6) is 0.454. The third-order valence-electron chi connectivity index (χ3n) is 6.62. The first-order valence-corrected chi connectivity index (χ1v) is 10.9. The molecule has 31 heavy (non-hydrogen) atoms. The van der Waals surface area contributed by atoms with Crippen molar-refractivity contribution in [2.75, 3.05) is 5.73 Å². The van der Waals surface area contributed by atoms with Crippen LogP contribution in [0.15, 0.2) is 24.5 Å². The van der Waals surface area contributed by atoms with E-state index in [0.29, 0.717) is 34.8 Å². The second-order valence-corrected chi connectivity index (χ2v) is 9.40. The zero-order chi connectivity index (χ0) is 21.9. The number of nitrogens with one attached hydrogen (secondary N) is 1. The van der Waals surface area contributed by atoms with E-state index in [4.69, 9.17) is 10.7 Å². The van der Waals surface area contributed by atoms with Crippen LogP contribution in [0.4, 0.5) is 5.82 Å². The van der Waals surface area contributed by atoms with E-state index in [0.717, 1.165) is 29.7 Å². The fourth-order valence-corrected chi connectivity index (χ4v) is 5.09. The lowest BCUT2D eigenvalue weighted by molar-refractivity contribution is 0.0739. The van der Waals surface area contributed by atoms with E-state index in [-0.39, 0.29) is 11.7 Å². The minimum atomic E-state index is -1.01. The van der Waals surface area contributed by atoms with Crippen LogP contribution in [0, 0.1) is 0 Å². The maximum absolute atomic E-state index is 12.5. The minimum Gasteiger partial charge on any atom is -0.384 e. The van der Waals surface area contributed by atoms with Gasteiger partial charge in [0, 0.05) is 35.3 Å². The van der Waals surface area contributed by atoms with Crippen LogP contribution >= 0.6 is 0 Å². The first-order valence-electron chi connectivity index (χ1n) is 10.9. The van der Waals surface area contributed by atoms with E-state index in [1.54, 1.807) is 43.7 Å². The summed E-state index contributed by atoms with van der Waals surface area (Å²) in [6, 6.07) is 4.66. The molecular formula is C23H28N6O2. The highest BCUT2D eigenvalue weighted by Crippen LogP contribution is 2.40. The predicted octanol–water partition coefficient (Wildman–Crippen LogP) is 2.80. The lowest BCUT2D eigenvalue weighted by atomic mass is 9.86. The average Bonchev–Trinajstić information content (AvgIpc) is 3.29. The summed E-state index contributed by atoms with van der Waals surface area (Å²) in [6.45, 7) is 4.95. The molecule has 0 saturated carbocycles. The number of carbonyl (C=O) groups excluding carboxylic acids is 1. The number of rotatable bonds is 4. The van der Waals surface area contributed by atoms with Crippen LogP contribution < -0.4 is 11.1 Å². The first kappa shape index (κ1) is 20.1. The molecule has 4 N–H and O–H groups in total. The number of carbonyl (C=O) groups is 1. The molecule has 0 aromatic carbocycles. The Balaban J connectivity index is 1.64. The molecule has 162 valence electrons. The van der Waals surface area contributed by atoms with Crippen LogP contribution in [0.5, 0.6) is 0 Å². The number of hydrogen-bond donors (Lipinski definition) is 3. The zero-order valence-corrected chi connectivity index (χ0v) is 18.1. The van der Waals surface area contributed by atoms with Crippen molar-refractivity contribution in [2.24, 2.45) is 0 Å². The number of aliphatic hydroxyl groups is 1. The molecule has 2 saturated heterocycles.